The zero-order valence-electron chi connectivity index (χ0n) is 17.7. The lowest BCUT2D eigenvalue weighted by atomic mass is 9.85. The van der Waals surface area contributed by atoms with E-state index in [1.54, 1.807) is 17.0 Å². The van der Waals surface area contributed by atoms with Gasteiger partial charge in [0.25, 0.3) is 0 Å². The summed E-state index contributed by atoms with van der Waals surface area (Å²) in [7, 11) is 0. The molecule has 1 aromatic heterocycles. The van der Waals surface area contributed by atoms with Gasteiger partial charge in [-0.15, -0.1) is 0 Å². The van der Waals surface area contributed by atoms with Crippen molar-refractivity contribution in [1.82, 2.24) is 10.1 Å². The van der Waals surface area contributed by atoms with Crippen molar-refractivity contribution in [3.8, 4) is 11.4 Å². The molecule has 1 aliphatic heterocycles. The highest BCUT2D eigenvalue weighted by atomic mass is 35.5. The molecule has 2 amide bonds. The van der Waals surface area contributed by atoms with Crippen molar-refractivity contribution in [1.29, 1.82) is 0 Å². The first-order valence-electron chi connectivity index (χ1n) is 10.8. The molecule has 2 aliphatic rings. The second kappa shape index (κ2) is 8.39. The van der Waals surface area contributed by atoms with Gasteiger partial charge in [0.1, 0.15) is 0 Å². The SMILES string of the molecule is Cc1ccc(NC(=O)C2CC(=O)N(c3cccc(-c4noc(C5CCC5)n4)c3)C2)cc1Cl. The number of carbonyl (C=O) groups excluding carboxylic acids is 2. The highest BCUT2D eigenvalue weighted by molar-refractivity contribution is 6.31. The summed E-state index contributed by atoms with van der Waals surface area (Å²) in [5.74, 6) is 0.837. The lowest BCUT2D eigenvalue weighted by Gasteiger charge is -2.20. The van der Waals surface area contributed by atoms with Gasteiger partial charge >= 0.3 is 0 Å². The van der Waals surface area contributed by atoms with E-state index in [2.05, 4.69) is 15.5 Å². The molecule has 1 atom stereocenters. The Morgan fingerprint density at radius 3 is 2.81 bits per heavy atom. The Kier molecular flexibility index (Phi) is 5.43. The van der Waals surface area contributed by atoms with E-state index in [0.717, 1.165) is 29.7 Å². The number of aryl methyl sites for hydroxylation is 1. The molecule has 164 valence electrons. The van der Waals surface area contributed by atoms with Crippen LogP contribution in [0.3, 0.4) is 0 Å². The van der Waals surface area contributed by atoms with Crippen LogP contribution in [0.4, 0.5) is 11.4 Å². The summed E-state index contributed by atoms with van der Waals surface area (Å²) in [5.41, 5.74) is 3.06. The first-order valence-corrected chi connectivity index (χ1v) is 11.2. The molecule has 1 unspecified atom stereocenters. The normalized spacial score (nSPS) is 18.6. The minimum atomic E-state index is -0.443. The highest BCUT2D eigenvalue weighted by Gasteiger charge is 2.35. The second-order valence-electron chi connectivity index (χ2n) is 8.49. The Bertz CT molecular complexity index is 1190. The van der Waals surface area contributed by atoms with Gasteiger partial charge in [0.15, 0.2) is 0 Å². The van der Waals surface area contributed by atoms with Gasteiger partial charge in [-0.1, -0.05) is 41.4 Å². The summed E-state index contributed by atoms with van der Waals surface area (Å²) in [6.45, 7) is 2.21. The Morgan fingerprint density at radius 1 is 1.22 bits per heavy atom. The Morgan fingerprint density at radius 2 is 2.06 bits per heavy atom. The van der Waals surface area contributed by atoms with Crippen LogP contribution in [0.15, 0.2) is 47.0 Å². The smallest absolute Gasteiger partial charge is 0.230 e. The van der Waals surface area contributed by atoms with E-state index in [1.165, 1.54) is 6.42 Å². The highest BCUT2D eigenvalue weighted by Crippen LogP contribution is 2.36. The van der Waals surface area contributed by atoms with Crippen molar-refractivity contribution < 1.29 is 14.1 Å². The van der Waals surface area contributed by atoms with Gasteiger partial charge in [-0.25, -0.2) is 0 Å². The number of nitrogens with one attached hydrogen (secondary N) is 1. The maximum absolute atomic E-state index is 12.8. The van der Waals surface area contributed by atoms with Crippen LogP contribution in [0.5, 0.6) is 0 Å². The van der Waals surface area contributed by atoms with E-state index < -0.39 is 5.92 Å². The first-order chi connectivity index (χ1) is 15.5. The molecular formula is C24H23ClN4O3. The first kappa shape index (κ1) is 20.7. The molecule has 1 saturated heterocycles. The zero-order valence-corrected chi connectivity index (χ0v) is 18.4. The number of hydrogen-bond donors (Lipinski definition) is 1. The van der Waals surface area contributed by atoms with Crippen LogP contribution < -0.4 is 10.2 Å². The fourth-order valence-electron chi connectivity index (χ4n) is 4.03. The van der Waals surface area contributed by atoms with Gasteiger partial charge < -0.3 is 14.7 Å². The van der Waals surface area contributed by atoms with Gasteiger partial charge in [-0.3, -0.25) is 9.59 Å². The molecular weight excluding hydrogens is 428 g/mol. The fraction of sp³-hybridized carbons (Fsp3) is 0.333. The maximum Gasteiger partial charge on any atom is 0.230 e. The molecule has 0 radical (unpaired) electrons. The van der Waals surface area contributed by atoms with E-state index >= 15 is 0 Å². The second-order valence-corrected chi connectivity index (χ2v) is 8.90. The molecule has 2 aromatic carbocycles. The van der Waals surface area contributed by atoms with Crippen LogP contribution in [0.2, 0.25) is 5.02 Å². The van der Waals surface area contributed by atoms with Crippen molar-refractivity contribution in [3.63, 3.8) is 0 Å². The fourth-order valence-corrected chi connectivity index (χ4v) is 4.21. The van der Waals surface area contributed by atoms with Crippen molar-refractivity contribution >= 4 is 34.8 Å². The number of nitrogens with zero attached hydrogens (tertiary/aromatic N) is 3. The van der Waals surface area contributed by atoms with Gasteiger partial charge in [0.2, 0.25) is 23.5 Å². The number of rotatable bonds is 5. The van der Waals surface area contributed by atoms with Gasteiger partial charge in [0, 0.05) is 40.8 Å². The maximum atomic E-state index is 12.8. The van der Waals surface area contributed by atoms with Gasteiger partial charge in [-0.05, 0) is 49.6 Å². The molecule has 1 aliphatic carbocycles. The van der Waals surface area contributed by atoms with Crippen LogP contribution in [0, 0.1) is 12.8 Å². The van der Waals surface area contributed by atoms with Crippen LogP contribution in [0.25, 0.3) is 11.4 Å². The summed E-state index contributed by atoms with van der Waals surface area (Å²) < 4.78 is 5.43. The summed E-state index contributed by atoms with van der Waals surface area (Å²) >= 11 is 6.15. The lowest BCUT2D eigenvalue weighted by Crippen LogP contribution is -2.28. The number of carbonyl (C=O) groups is 2. The van der Waals surface area contributed by atoms with E-state index in [1.807, 2.05) is 37.3 Å². The number of anilines is 2. The minimum Gasteiger partial charge on any atom is -0.339 e. The van der Waals surface area contributed by atoms with Crippen LogP contribution in [-0.2, 0) is 9.59 Å². The Labute approximate surface area is 190 Å². The minimum absolute atomic E-state index is 0.0903. The lowest BCUT2D eigenvalue weighted by molar-refractivity contribution is -0.122. The van der Waals surface area contributed by atoms with E-state index in [0.29, 0.717) is 34.9 Å². The number of aromatic nitrogens is 2. The quantitative estimate of drug-likeness (QED) is 0.593. The van der Waals surface area contributed by atoms with E-state index in [-0.39, 0.29) is 18.2 Å². The summed E-state index contributed by atoms with van der Waals surface area (Å²) in [6.07, 6.45) is 3.52. The summed E-state index contributed by atoms with van der Waals surface area (Å²) in [4.78, 5) is 31.6. The number of hydrogen-bond acceptors (Lipinski definition) is 5. The number of amides is 2. The number of halogens is 1. The molecule has 32 heavy (non-hydrogen) atoms. The van der Waals surface area contributed by atoms with Gasteiger partial charge in [-0.2, -0.15) is 4.98 Å². The predicted octanol–water partition coefficient (Wildman–Crippen LogP) is 4.96. The molecule has 2 fully saturated rings. The summed E-state index contributed by atoms with van der Waals surface area (Å²) in [6, 6.07) is 12.9. The largest absolute Gasteiger partial charge is 0.339 e. The molecule has 8 heteroatoms. The average Bonchev–Trinajstić information content (AvgIpc) is 3.37. The molecule has 0 spiro atoms. The Balaban J connectivity index is 1.29. The molecule has 7 nitrogen and oxygen atoms in total. The van der Waals surface area contributed by atoms with Crippen molar-refractivity contribution in [2.24, 2.45) is 5.92 Å². The third kappa shape index (κ3) is 4.00. The van der Waals surface area contributed by atoms with Crippen molar-refractivity contribution in [2.45, 2.75) is 38.5 Å². The third-order valence-corrected chi connectivity index (χ3v) is 6.65. The monoisotopic (exact) mass is 450 g/mol. The molecule has 3 aromatic rings. The van der Waals surface area contributed by atoms with Crippen molar-refractivity contribution in [2.75, 3.05) is 16.8 Å². The molecule has 0 bridgehead atoms. The predicted molar refractivity (Wildman–Crippen MR) is 122 cm³/mol. The van der Waals surface area contributed by atoms with E-state index in [9.17, 15) is 9.59 Å². The van der Waals surface area contributed by atoms with Crippen LogP contribution in [-0.4, -0.2) is 28.5 Å². The molecule has 2 heterocycles. The van der Waals surface area contributed by atoms with Crippen molar-refractivity contribution in [3.05, 3.63) is 58.9 Å². The average molecular weight is 451 g/mol. The summed E-state index contributed by atoms with van der Waals surface area (Å²) in [5, 5.41) is 7.57. The Hall–Kier alpha value is -3.19. The zero-order chi connectivity index (χ0) is 22.2. The van der Waals surface area contributed by atoms with Crippen LogP contribution >= 0.6 is 11.6 Å². The topological polar surface area (TPSA) is 88.3 Å². The number of benzene rings is 2. The molecule has 1 N–H and O–H groups in total. The van der Waals surface area contributed by atoms with Crippen LogP contribution in [0.1, 0.15) is 43.1 Å². The standard InChI is InChI=1S/C24H23ClN4O3/c1-14-8-9-18(12-20(14)25)26-23(31)17-11-21(30)29(13-17)19-7-3-6-16(10-19)22-27-24(32-28-22)15-4-2-5-15/h3,6-10,12,15,17H,2,4-5,11,13H2,1H3,(H,26,31). The van der Waals surface area contributed by atoms with Gasteiger partial charge in [0.05, 0.1) is 5.92 Å². The third-order valence-electron chi connectivity index (χ3n) is 6.25. The molecule has 1 saturated carbocycles. The molecule has 5 rings (SSSR count). The van der Waals surface area contributed by atoms with E-state index in [4.69, 9.17) is 16.1 Å².